The molecular formula is C16H19ClN2O6. The summed E-state index contributed by atoms with van der Waals surface area (Å²) in [5.74, 6) is -0.596. The van der Waals surface area contributed by atoms with E-state index in [9.17, 15) is 19.7 Å². The van der Waals surface area contributed by atoms with Gasteiger partial charge in [-0.3, -0.25) is 14.9 Å². The number of hydrogen-bond acceptors (Lipinski definition) is 6. The Labute approximate surface area is 149 Å². The topological polar surface area (TPSA) is 99.0 Å². The Morgan fingerprint density at radius 3 is 2.80 bits per heavy atom. The number of ether oxygens (including phenoxy) is 2. The van der Waals surface area contributed by atoms with E-state index in [0.29, 0.717) is 13.0 Å². The molecule has 1 aliphatic heterocycles. The second-order valence-electron chi connectivity index (χ2n) is 5.51. The molecule has 136 valence electrons. The van der Waals surface area contributed by atoms with E-state index < -0.39 is 16.9 Å². The summed E-state index contributed by atoms with van der Waals surface area (Å²) in [5, 5.41) is 10.7. The minimum absolute atomic E-state index is 0.0441. The summed E-state index contributed by atoms with van der Waals surface area (Å²) in [5.41, 5.74) is -0.165. The molecule has 9 heteroatoms. The number of hydrogen-bond donors (Lipinski definition) is 0. The maximum absolute atomic E-state index is 12.4. The van der Waals surface area contributed by atoms with Crippen LogP contribution in [0.4, 0.5) is 5.69 Å². The van der Waals surface area contributed by atoms with Gasteiger partial charge in [-0.05, 0) is 32.3 Å². The Kier molecular flexibility index (Phi) is 6.58. The number of nitro groups is 1. The Hall–Kier alpha value is -2.35. The van der Waals surface area contributed by atoms with Crippen LogP contribution >= 0.6 is 11.6 Å². The molecule has 1 heterocycles. The van der Waals surface area contributed by atoms with Gasteiger partial charge in [-0.1, -0.05) is 11.6 Å². The molecule has 0 radical (unpaired) electrons. The van der Waals surface area contributed by atoms with E-state index in [1.807, 2.05) is 0 Å². The van der Waals surface area contributed by atoms with Gasteiger partial charge in [0, 0.05) is 18.7 Å². The highest BCUT2D eigenvalue weighted by Gasteiger charge is 2.33. The van der Waals surface area contributed by atoms with Crippen LogP contribution in [0.25, 0.3) is 0 Å². The van der Waals surface area contributed by atoms with Gasteiger partial charge in [0.25, 0.3) is 11.6 Å². The van der Waals surface area contributed by atoms with Crippen molar-refractivity contribution in [1.29, 1.82) is 0 Å². The molecule has 1 aliphatic rings. The Bertz CT molecular complexity index is 666. The molecule has 1 aromatic carbocycles. The van der Waals surface area contributed by atoms with Crippen molar-refractivity contribution in [2.75, 3.05) is 19.8 Å². The molecule has 0 saturated carbocycles. The largest absolute Gasteiger partial charge is 0.482 e. The lowest BCUT2D eigenvalue weighted by molar-refractivity contribution is -0.384. The standard InChI is InChI=1S/C16H19ClN2O6/c1-2-24-16(21)13-5-3-4-8-18(13)15(20)10-25-14-7-6-11(19(22)23)9-12(14)17/h6-7,9,13H,2-5,8,10H2,1H3/t13-/m0/s1. The van der Waals surface area contributed by atoms with E-state index in [1.165, 1.54) is 17.0 Å². The van der Waals surface area contributed by atoms with E-state index >= 15 is 0 Å². The Morgan fingerprint density at radius 2 is 2.16 bits per heavy atom. The van der Waals surface area contributed by atoms with Gasteiger partial charge in [0.1, 0.15) is 11.8 Å². The number of esters is 1. The molecule has 2 rings (SSSR count). The van der Waals surface area contributed by atoms with Gasteiger partial charge in [0.15, 0.2) is 6.61 Å². The molecule has 0 N–H and O–H groups in total. The fourth-order valence-corrected chi connectivity index (χ4v) is 2.89. The van der Waals surface area contributed by atoms with Crippen LogP contribution in [0.5, 0.6) is 5.75 Å². The number of rotatable bonds is 6. The number of carbonyl (C=O) groups is 2. The molecule has 1 amide bonds. The monoisotopic (exact) mass is 370 g/mol. The number of benzene rings is 1. The molecule has 0 unspecified atom stereocenters. The average molecular weight is 371 g/mol. The van der Waals surface area contributed by atoms with Crippen molar-refractivity contribution in [3.05, 3.63) is 33.3 Å². The molecule has 0 aliphatic carbocycles. The fourth-order valence-electron chi connectivity index (χ4n) is 2.66. The van der Waals surface area contributed by atoms with Crippen LogP contribution in [0.3, 0.4) is 0 Å². The van der Waals surface area contributed by atoms with Gasteiger partial charge in [-0.15, -0.1) is 0 Å². The van der Waals surface area contributed by atoms with Gasteiger partial charge in [0.2, 0.25) is 0 Å². The highest BCUT2D eigenvalue weighted by molar-refractivity contribution is 6.32. The highest BCUT2D eigenvalue weighted by Crippen LogP contribution is 2.29. The fraction of sp³-hybridized carbons (Fsp3) is 0.500. The molecule has 1 aromatic rings. The van der Waals surface area contributed by atoms with E-state index in [4.69, 9.17) is 21.1 Å². The van der Waals surface area contributed by atoms with E-state index in [2.05, 4.69) is 0 Å². The average Bonchev–Trinajstić information content (AvgIpc) is 2.60. The van der Waals surface area contributed by atoms with Crippen LogP contribution in [0.1, 0.15) is 26.2 Å². The summed E-state index contributed by atoms with van der Waals surface area (Å²) in [7, 11) is 0. The number of amides is 1. The van der Waals surface area contributed by atoms with Crippen LogP contribution in [-0.2, 0) is 14.3 Å². The molecule has 1 atom stereocenters. The summed E-state index contributed by atoms with van der Waals surface area (Å²) < 4.78 is 10.4. The first-order valence-corrected chi connectivity index (χ1v) is 8.34. The number of piperidine rings is 1. The van der Waals surface area contributed by atoms with E-state index in [1.54, 1.807) is 6.92 Å². The van der Waals surface area contributed by atoms with Crippen LogP contribution in [0.15, 0.2) is 18.2 Å². The maximum Gasteiger partial charge on any atom is 0.328 e. The number of halogens is 1. The zero-order valence-corrected chi connectivity index (χ0v) is 14.5. The zero-order valence-electron chi connectivity index (χ0n) is 13.8. The SMILES string of the molecule is CCOC(=O)[C@@H]1CCCCN1C(=O)COc1ccc([N+](=O)[O-])cc1Cl. The molecule has 1 fully saturated rings. The van der Waals surface area contributed by atoms with Crippen molar-refractivity contribution in [1.82, 2.24) is 4.90 Å². The molecule has 0 aromatic heterocycles. The van der Waals surface area contributed by atoms with Crippen molar-refractivity contribution in [2.45, 2.75) is 32.2 Å². The quantitative estimate of drug-likeness (QED) is 0.433. The summed E-state index contributed by atoms with van der Waals surface area (Å²) in [6.45, 7) is 2.12. The summed E-state index contributed by atoms with van der Waals surface area (Å²) in [6, 6.07) is 3.14. The predicted molar refractivity (Wildman–Crippen MR) is 89.6 cm³/mol. The van der Waals surface area contributed by atoms with Gasteiger partial charge >= 0.3 is 5.97 Å². The molecule has 8 nitrogen and oxygen atoms in total. The first-order valence-electron chi connectivity index (χ1n) is 7.97. The van der Waals surface area contributed by atoms with Crippen LogP contribution in [-0.4, -0.2) is 47.5 Å². The number of carbonyl (C=O) groups excluding carboxylic acids is 2. The van der Waals surface area contributed by atoms with Gasteiger partial charge < -0.3 is 14.4 Å². The van der Waals surface area contributed by atoms with Gasteiger partial charge in [-0.25, -0.2) is 4.79 Å². The first-order chi connectivity index (χ1) is 11.9. The van der Waals surface area contributed by atoms with Crippen molar-refractivity contribution in [3.8, 4) is 5.75 Å². The molecular weight excluding hydrogens is 352 g/mol. The first kappa shape index (κ1) is 19.0. The van der Waals surface area contributed by atoms with Crippen molar-refractivity contribution in [3.63, 3.8) is 0 Å². The number of nitrogens with zero attached hydrogens (tertiary/aromatic N) is 2. The summed E-state index contributed by atoms with van der Waals surface area (Å²) in [6.07, 6.45) is 2.21. The third-order valence-corrected chi connectivity index (χ3v) is 4.15. The third-order valence-electron chi connectivity index (χ3n) is 3.86. The zero-order chi connectivity index (χ0) is 18.4. The predicted octanol–water partition coefficient (Wildman–Crippen LogP) is 2.57. The molecule has 0 spiro atoms. The Balaban J connectivity index is 2.00. The minimum Gasteiger partial charge on any atom is -0.482 e. The maximum atomic E-state index is 12.4. The summed E-state index contributed by atoms with van der Waals surface area (Å²) >= 11 is 5.93. The highest BCUT2D eigenvalue weighted by atomic mass is 35.5. The number of nitro benzene ring substituents is 1. The van der Waals surface area contributed by atoms with Crippen LogP contribution < -0.4 is 4.74 Å². The lowest BCUT2D eigenvalue weighted by Crippen LogP contribution is -2.50. The van der Waals surface area contributed by atoms with Gasteiger partial charge in [0.05, 0.1) is 16.6 Å². The van der Waals surface area contributed by atoms with Crippen molar-refractivity contribution >= 4 is 29.2 Å². The van der Waals surface area contributed by atoms with Crippen LogP contribution in [0.2, 0.25) is 5.02 Å². The molecule has 0 bridgehead atoms. The number of likely N-dealkylation sites (tertiary alicyclic amines) is 1. The van der Waals surface area contributed by atoms with E-state index in [-0.39, 0.29) is 35.6 Å². The lowest BCUT2D eigenvalue weighted by Gasteiger charge is -2.33. The minimum atomic E-state index is -0.600. The third kappa shape index (κ3) is 4.82. The van der Waals surface area contributed by atoms with E-state index in [0.717, 1.165) is 18.9 Å². The van der Waals surface area contributed by atoms with Gasteiger partial charge in [-0.2, -0.15) is 0 Å². The second-order valence-corrected chi connectivity index (χ2v) is 5.92. The van der Waals surface area contributed by atoms with Crippen LogP contribution in [0, 0.1) is 10.1 Å². The number of non-ortho nitro benzene ring substituents is 1. The molecule has 1 saturated heterocycles. The lowest BCUT2D eigenvalue weighted by atomic mass is 10.0. The van der Waals surface area contributed by atoms with Crippen molar-refractivity contribution < 1.29 is 24.0 Å². The Morgan fingerprint density at radius 1 is 1.40 bits per heavy atom. The van der Waals surface area contributed by atoms with Crippen molar-refractivity contribution in [2.24, 2.45) is 0 Å². The summed E-state index contributed by atoms with van der Waals surface area (Å²) in [4.78, 5) is 36.0. The molecule has 25 heavy (non-hydrogen) atoms. The smallest absolute Gasteiger partial charge is 0.328 e. The normalized spacial score (nSPS) is 17.0. The second kappa shape index (κ2) is 8.66.